The average molecular weight is 612 g/mol. The van der Waals surface area contributed by atoms with Gasteiger partial charge in [0.05, 0.1) is 29.2 Å². The highest BCUT2D eigenvalue weighted by Crippen LogP contribution is 2.42. The molecular weight excluding hydrogens is 575 g/mol. The van der Waals surface area contributed by atoms with E-state index in [0.29, 0.717) is 22.0 Å². The molecule has 0 unspecified atom stereocenters. The molecule has 0 radical (unpaired) electrons. The van der Waals surface area contributed by atoms with Gasteiger partial charge in [0.2, 0.25) is 5.95 Å². The van der Waals surface area contributed by atoms with Crippen LogP contribution in [-0.2, 0) is 17.0 Å². The number of rotatable bonds is 7. The molecule has 0 amide bonds. The number of aryl methyl sites for hydroxylation is 2. The van der Waals surface area contributed by atoms with Crippen LogP contribution in [0.3, 0.4) is 0 Å². The van der Waals surface area contributed by atoms with Crippen molar-refractivity contribution in [2.45, 2.75) is 40.0 Å². The Morgan fingerprint density at radius 2 is 1.77 bits per heavy atom. The number of nitrogens with one attached hydrogen (secondary N) is 2. The number of anilines is 4. The Morgan fingerprint density at radius 1 is 1.05 bits per heavy atom. The van der Waals surface area contributed by atoms with Crippen molar-refractivity contribution in [2.75, 3.05) is 31.1 Å². The van der Waals surface area contributed by atoms with Crippen molar-refractivity contribution in [1.82, 2.24) is 19.7 Å². The van der Waals surface area contributed by atoms with Gasteiger partial charge >= 0.3 is 0 Å². The third-order valence-corrected chi connectivity index (χ3v) is 8.88. The Bertz CT molecular complexity index is 1590. The summed E-state index contributed by atoms with van der Waals surface area (Å²) in [6, 6.07) is 8.09. The van der Waals surface area contributed by atoms with Crippen molar-refractivity contribution >= 4 is 51.5 Å². The zero-order valence-corrected chi connectivity index (χ0v) is 26.5. The van der Waals surface area contributed by atoms with Gasteiger partial charge in [0.25, 0.3) is 0 Å². The Hall–Kier alpha value is -3.16. The Labute approximate surface area is 239 Å². The summed E-state index contributed by atoms with van der Waals surface area (Å²) in [5.41, 5.74) is 6.70. The third kappa shape index (κ3) is 6.20. The molecule has 4 rings (SSSR count). The standard InChI is InChI=1S/C29H36BrN6O2P/c1-17-10-11-23(26(18(17)2)39(8,9)37)33-27-22(30)15-31-28(35-27)34-24-12-20(19-14-32-36(6)16-19)21(29(3,4)5)13-25(24)38-7/h10-16H,1-9H3,(H2,31,33,34,35). The predicted octanol–water partition coefficient (Wildman–Crippen LogP) is 7.30. The summed E-state index contributed by atoms with van der Waals surface area (Å²) < 4.78 is 21.5. The molecule has 0 spiro atoms. The molecule has 0 fully saturated rings. The van der Waals surface area contributed by atoms with Crippen LogP contribution in [0.15, 0.2) is 47.3 Å². The lowest BCUT2D eigenvalue weighted by Crippen LogP contribution is -2.15. The van der Waals surface area contributed by atoms with E-state index >= 15 is 0 Å². The molecule has 8 nitrogen and oxygen atoms in total. The summed E-state index contributed by atoms with van der Waals surface area (Å²) in [7, 11) is 0.999. The van der Waals surface area contributed by atoms with Crippen molar-refractivity contribution < 1.29 is 9.30 Å². The van der Waals surface area contributed by atoms with E-state index in [2.05, 4.69) is 69.6 Å². The maximum Gasteiger partial charge on any atom is 0.229 e. The highest BCUT2D eigenvalue weighted by molar-refractivity contribution is 9.10. The second kappa shape index (κ2) is 10.8. The lowest BCUT2D eigenvalue weighted by atomic mass is 9.82. The van der Waals surface area contributed by atoms with Gasteiger partial charge in [-0.05, 0) is 89.0 Å². The first-order chi connectivity index (χ1) is 18.2. The quantitative estimate of drug-likeness (QED) is 0.212. The molecular formula is C29H36BrN6O2P. The molecule has 2 N–H and O–H groups in total. The van der Waals surface area contributed by atoms with E-state index in [1.54, 1.807) is 31.3 Å². The second-order valence-electron chi connectivity index (χ2n) is 11.1. The molecule has 4 aromatic rings. The van der Waals surface area contributed by atoms with Crippen LogP contribution in [0, 0.1) is 13.8 Å². The third-order valence-electron chi connectivity index (χ3n) is 6.65. The molecule has 0 aliphatic heterocycles. The second-order valence-corrected chi connectivity index (χ2v) is 15.1. The minimum absolute atomic E-state index is 0.121. The molecule has 0 aliphatic rings. The molecule has 0 aliphatic carbocycles. The van der Waals surface area contributed by atoms with E-state index in [-0.39, 0.29) is 5.41 Å². The summed E-state index contributed by atoms with van der Waals surface area (Å²) in [5.74, 6) is 1.63. The first-order valence-corrected chi connectivity index (χ1v) is 16.0. The number of halogens is 1. The van der Waals surface area contributed by atoms with Crippen LogP contribution in [-0.4, -0.2) is 40.2 Å². The van der Waals surface area contributed by atoms with E-state index in [1.807, 2.05) is 45.4 Å². The maximum atomic E-state index is 13.2. The van der Waals surface area contributed by atoms with Gasteiger partial charge in [-0.1, -0.05) is 26.8 Å². The van der Waals surface area contributed by atoms with Crippen molar-refractivity contribution in [1.29, 1.82) is 0 Å². The van der Waals surface area contributed by atoms with E-state index < -0.39 is 7.14 Å². The molecule has 0 atom stereocenters. The maximum absolute atomic E-state index is 13.2. The fraction of sp³-hybridized carbons (Fsp3) is 0.345. The molecule has 2 aromatic heterocycles. The first kappa shape index (κ1) is 28.8. The summed E-state index contributed by atoms with van der Waals surface area (Å²) in [6.07, 6.45) is 5.55. The largest absolute Gasteiger partial charge is 0.495 e. The molecule has 10 heteroatoms. The van der Waals surface area contributed by atoms with Crippen molar-refractivity contribution in [2.24, 2.45) is 7.05 Å². The number of hydrogen-bond acceptors (Lipinski definition) is 7. The van der Waals surface area contributed by atoms with Crippen LogP contribution in [0.4, 0.5) is 23.1 Å². The van der Waals surface area contributed by atoms with Gasteiger partial charge in [-0.3, -0.25) is 4.68 Å². The highest BCUT2D eigenvalue weighted by Gasteiger charge is 2.24. The number of ether oxygens (including phenoxy) is 1. The summed E-state index contributed by atoms with van der Waals surface area (Å²) in [5, 5.41) is 11.9. The number of methoxy groups -OCH3 is 1. The molecule has 39 heavy (non-hydrogen) atoms. The van der Waals surface area contributed by atoms with Crippen molar-refractivity contribution in [3.05, 3.63) is 64.0 Å². The lowest BCUT2D eigenvalue weighted by molar-refractivity contribution is 0.415. The fourth-order valence-corrected chi connectivity index (χ4v) is 6.61. The topological polar surface area (TPSA) is 94.0 Å². The van der Waals surface area contributed by atoms with Gasteiger partial charge in [0.1, 0.15) is 18.7 Å². The minimum Gasteiger partial charge on any atom is -0.495 e. The Morgan fingerprint density at radius 3 is 2.36 bits per heavy atom. The average Bonchev–Trinajstić information content (AvgIpc) is 3.28. The molecule has 206 valence electrons. The summed E-state index contributed by atoms with van der Waals surface area (Å²) in [4.78, 5) is 9.25. The van der Waals surface area contributed by atoms with Crippen LogP contribution in [0.5, 0.6) is 5.75 Å². The van der Waals surface area contributed by atoms with E-state index in [1.165, 1.54) is 0 Å². The highest BCUT2D eigenvalue weighted by atomic mass is 79.9. The van der Waals surface area contributed by atoms with Gasteiger partial charge in [0.15, 0.2) is 0 Å². The fourth-order valence-electron chi connectivity index (χ4n) is 4.62. The smallest absolute Gasteiger partial charge is 0.229 e. The van der Waals surface area contributed by atoms with Crippen LogP contribution < -0.4 is 20.7 Å². The zero-order valence-electron chi connectivity index (χ0n) is 24.0. The van der Waals surface area contributed by atoms with Gasteiger partial charge in [-0.2, -0.15) is 10.1 Å². The number of hydrogen-bond donors (Lipinski definition) is 2. The molecule has 2 aromatic carbocycles. The molecule has 2 heterocycles. The summed E-state index contributed by atoms with van der Waals surface area (Å²) >= 11 is 3.57. The lowest BCUT2D eigenvalue weighted by Gasteiger charge is -2.25. The van der Waals surface area contributed by atoms with E-state index in [9.17, 15) is 4.57 Å². The SMILES string of the molecule is COc1cc(C(C)(C)C)c(-c2cnn(C)c2)cc1Nc1ncc(Br)c(Nc2ccc(C)c(C)c2P(C)(C)=O)n1. The minimum atomic E-state index is -2.56. The Kier molecular flexibility index (Phi) is 7.97. The number of nitrogens with zero attached hydrogens (tertiary/aromatic N) is 4. The van der Waals surface area contributed by atoms with Gasteiger partial charge in [0, 0.05) is 30.3 Å². The number of benzene rings is 2. The monoisotopic (exact) mass is 610 g/mol. The van der Waals surface area contributed by atoms with Crippen molar-refractivity contribution in [3.63, 3.8) is 0 Å². The normalized spacial score (nSPS) is 11.9. The molecule has 0 saturated carbocycles. The summed E-state index contributed by atoms with van der Waals surface area (Å²) in [6.45, 7) is 14.1. The molecule has 0 bridgehead atoms. The van der Waals surface area contributed by atoms with E-state index in [4.69, 9.17) is 9.72 Å². The van der Waals surface area contributed by atoms with Crippen LogP contribution >= 0.6 is 23.1 Å². The predicted molar refractivity (Wildman–Crippen MR) is 165 cm³/mol. The van der Waals surface area contributed by atoms with Gasteiger partial charge < -0.3 is 19.9 Å². The van der Waals surface area contributed by atoms with Gasteiger partial charge in [-0.15, -0.1) is 0 Å². The van der Waals surface area contributed by atoms with Crippen molar-refractivity contribution in [3.8, 4) is 16.9 Å². The van der Waals surface area contributed by atoms with Crippen LogP contribution in [0.25, 0.3) is 11.1 Å². The van der Waals surface area contributed by atoms with Crippen LogP contribution in [0.1, 0.15) is 37.5 Å². The zero-order chi connectivity index (χ0) is 28.7. The van der Waals surface area contributed by atoms with Crippen LogP contribution in [0.2, 0.25) is 0 Å². The Balaban J connectivity index is 1.77. The van der Waals surface area contributed by atoms with E-state index in [0.717, 1.165) is 44.5 Å². The first-order valence-electron chi connectivity index (χ1n) is 12.6. The number of aromatic nitrogens is 4. The van der Waals surface area contributed by atoms with Gasteiger partial charge in [-0.25, -0.2) is 4.98 Å². The molecule has 0 saturated heterocycles.